The van der Waals surface area contributed by atoms with Gasteiger partial charge in [0, 0.05) is 6.07 Å². The normalized spacial score (nSPS) is 10.9. The lowest BCUT2D eigenvalue weighted by molar-refractivity contribution is -0.386. The van der Waals surface area contributed by atoms with Gasteiger partial charge in [-0.2, -0.15) is 5.10 Å². The second kappa shape index (κ2) is 6.47. The number of fused-ring (bicyclic) bond motifs is 1. The van der Waals surface area contributed by atoms with E-state index in [1.54, 1.807) is 26.0 Å². The molecule has 0 amide bonds. The molecule has 136 valence electrons. The highest BCUT2D eigenvalue weighted by Crippen LogP contribution is 2.30. The van der Waals surface area contributed by atoms with E-state index in [0.29, 0.717) is 39.6 Å². The van der Waals surface area contributed by atoms with Gasteiger partial charge in [0.15, 0.2) is 11.5 Å². The molecule has 0 aliphatic rings. The van der Waals surface area contributed by atoms with E-state index >= 15 is 0 Å². The Hall–Kier alpha value is -3.43. The number of hydrogen-bond acceptors (Lipinski definition) is 7. The van der Waals surface area contributed by atoms with Crippen molar-refractivity contribution in [1.82, 2.24) is 19.7 Å². The summed E-state index contributed by atoms with van der Waals surface area (Å²) in [4.78, 5) is 30.1. The molecule has 2 aromatic heterocycles. The summed E-state index contributed by atoms with van der Waals surface area (Å²) in [5.74, 6) is 1.20. The third kappa shape index (κ3) is 2.85. The number of nitrogens with one attached hydrogen (secondary N) is 1. The van der Waals surface area contributed by atoms with Crippen molar-refractivity contribution < 1.29 is 14.4 Å². The third-order valence-electron chi connectivity index (χ3n) is 4.09. The van der Waals surface area contributed by atoms with Crippen molar-refractivity contribution >= 4 is 16.6 Å². The highest BCUT2D eigenvalue weighted by atomic mass is 16.6. The molecule has 0 radical (unpaired) electrons. The fraction of sp³-hybridized carbons (Fsp3) is 0.312. The van der Waals surface area contributed by atoms with Gasteiger partial charge in [0.25, 0.3) is 5.56 Å². The van der Waals surface area contributed by atoms with Crippen LogP contribution in [-0.4, -0.2) is 38.9 Å². The number of ether oxygens (including phenoxy) is 2. The monoisotopic (exact) mass is 359 g/mol. The van der Waals surface area contributed by atoms with E-state index in [1.807, 2.05) is 0 Å². The van der Waals surface area contributed by atoms with Crippen molar-refractivity contribution in [1.29, 1.82) is 0 Å². The van der Waals surface area contributed by atoms with E-state index in [4.69, 9.17) is 9.47 Å². The van der Waals surface area contributed by atoms with Gasteiger partial charge in [0.2, 0.25) is 0 Å². The number of aryl methyl sites for hydroxylation is 1. The van der Waals surface area contributed by atoms with E-state index in [9.17, 15) is 14.9 Å². The molecule has 0 aliphatic heterocycles. The minimum Gasteiger partial charge on any atom is -0.493 e. The standard InChI is InChI=1S/C16H17N5O5/c1-8-15(21(23)24)9(2)20(19-8)7-14-17-11-6-13(26-4)12(25-3)5-10(11)16(22)18-14/h5-6H,7H2,1-4H3,(H,17,18,22). The first-order valence-corrected chi connectivity index (χ1v) is 7.69. The van der Waals surface area contributed by atoms with Crippen molar-refractivity contribution in [3.05, 3.63) is 49.8 Å². The Balaban J connectivity index is 2.08. The smallest absolute Gasteiger partial charge is 0.312 e. The Morgan fingerprint density at radius 3 is 2.46 bits per heavy atom. The van der Waals surface area contributed by atoms with Gasteiger partial charge < -0.3 is 14.5 Å². The molecule has 1 N–H and O–H groups in total. The zero-order valence-corrected chi connectivity index (χ0v) is 14.7. The van der Waals surface area contributed by atoms with Crippen LogP contribution in [0.2, 0.25) is 0 Å². The average molecular weight is 359 g/mol. The van der Waals surface area contributed by atoms with E-state index in [1.165, 1.54) is 18.9 Å². The number of aromatic nitrogens is 4. The van der Waals surface area contributed by atoms with Crippen LogP contribution in [0.3, 0.4) is 0 Å². The third-order valence-corrected chi connectivity index (χ3v) is 4.09. The maximum atomic E-state index is 12.4. The van der Waals surface area contributed by atoms with Crippen LogP contribution in [0.5, 0.6) is 11.5 Å². The Labute approximate surface area is 147 Å². The molecule has 0 saturated carbocycles. The first-order valence-electron chi connectivity index (χ1n) is 7.69. The molecule has 0 atom stereocenters. The van der Waals surface area contributed by atoms with Gasteiger partial charge in [-0.25, -0.2) is 4.98 Å². The first-order chi connectivity index (χ1) is 12.3. The lowest BCUT2D eigenvalue weighted by Crippen LogP contribution is -2.16. The van der Waals surface area contributed by atoms with Gasteiger partial charge in [-0.1, -0.05) is 0 Å². The lowest BCUT2D eigenvalue weighted by Gasteiger charge is -2.09. The molecule has 26 heavy (non-hydrogen) atoms. The van der Waals surface area contributed by atoms with Gasteiger partial charge >= 0.3 is 5.69 Å². The lowest BCUT2D eigenvalue weighted by atomic mass is 10.2. The summed E-state index contributed by atoms with van der Waals surface area (Å²) in [6.45, 7) is 3.26. The molecule has 3 aromatic rings. The number of rotatable bonds is 5. The minimum absolute atomic E-state index is 0.0421. The second-order valence-electron chi connectivity index (χ2n) is 5.67. The molecule has 0 aliphatic carbocycles. The number of methoxy groups -OCH3 is 2. The summed E-state index contributed by atoms with van der Waals surface area (Å²) in [5.41, 5.74) is 0.739. The fourth-order valence-corrected chi connectivity index (χ4v) is 2.84. The van der Waals surface area contributed by atoms with E-state index in [2.05, 4.69) is 15.1 Å². The van der Waals surface area contributed by atoms with Crippen LogP contribution >= 0.6 is 0 Å². The molecule has 0 spiro atoms. The van der Waals surface area contributed by atoms with Crippen LogP contribution in [0.1, 0.15) is 17.2 Å². The molecule has 0 bridgehead atoms. The van der Waals surface area contributed by atoms with Gasteiger partial charge in [-0.15, -0.1) is 0 Å². The minimum atomic E-state index is -0.470. The Kier molecular flexibility index (Phi) is 4.33. The number of H-pyrrole nitrogens is 1. The van der Waals surface area contributed by atoms with Crippen LogP contribution in [0.4, 0.5) is 5.69 Å². The highest BCUT2D eigenvalue weighted by Gasteiger charge is 2.22. The van der Waals surface area contributed by atoms with Crippen LogP contribution in [0.15, 0.2) is 16.9 Å². The van der Waals surface area contributed by atoms with E-state index in [0.717, 1.165) is 0 Å². The predicted octanol–water partition coefficient (Wildman–Crippen LogP) is 1.71. The summed E-state index contributed by atoms with van der Waals surface area (Å²) in [6, 6.07) is 3.16. The van der Waals surface area contributed by atoms with Gasteiger partial charge in [0.1, 0.15) is 17.2 Å². The number of nitrogens with zero attached hydrogens (tertiary/aromatic N) is 4. The molecule has 0 saturated heterocycles. The second-order valence-corrected chi connectivity index (χ2v) is 5.67. The van der Waals surface area contributed by atoms with Crippen LogP contribution < -0.4 is 15.0 Å². The highest BCUT2D eigenvalue weighted by molar-refractivity contribution is 5.81. The molecule has 0 fully saturated rings. The largest absolute Gasteiger partial charge is 0.493 e. The van der Waals surface area contributed by atoms with Crippen molar-refractivity contribution in [2.24, 2.45) is 0 Å². The number of hydrogen-bond donors (Lipinski definition) is 1. The molecular formula is C16H17N5O5. The number of nitro groups is 1. The molecule has 3 rings (SSSR count). The SMILES string of the molecule is COc1cc2nc(Cn3nc(C)c([N+](=O)[O-])c3C)[nH]c(=O)c2cc1OC. The summed E-state index contributed by atoms with van der Waals surface area (Å²) in [7, 11) is 2.97. The van der Waals surface area contributed by atoms with Crippen LogP contribution in [-0.2, 0) is 6.54 Å². The summed E-state index contributed by atoms with van der Waals surface area (Å²) >= 11 is 0. The average Bonchev–Trinajstić information content (AvgIpc) is 2.87. The van der Waals surface area contributed by atoms with Crippen molar-refractivity contribution in [2.45, 2.75) is 20.4 Å². The maximum Gasteiger partial charge on any atom is 0.312 e. The topological polar surface area (TPSA) is 125 Å². The molecule has 10 nitrogen and oxygen atoms in total. The zero-order valence-electron chi connectivity index (χ0n) is 14.7. The van der Waals surface area contributed by atoms with Crippen LogP contribution in [0, 0.1) is 24.0 Å². The van der Waals surface area contributed by atoms with Gasteiger partial charge in [-0.05, 0) is 19.9 Å². The van der Waals surface area contributed by atoms with Crippen molar-refractivity contribution in [2.75, 3.05) is 14.2 Å². The molecule has 2 heterocycles. The summed E-state index contributed by atoms with van der Waals surface area (Å²) < 4.78 is 11.9. The summed E-state index contributed by atoms with van der Waals surface area (Å²) in [6.07, 6.45) is 0. The quantitative estimate of drug-likeness (QED) is 0.543. The Bertz CT molecular complexity index is 1070. The van der Waals surface area contributed by atoms with Gasteiger partial charge in [0.05, 0.1) is 36.6 Å². The molecule has 1 aromatic carbocycles. The fourth-order valence-electron chi connectivity index (χ4n) is 2.84. The van der Waals surface area contributed by atoms with Crippen molar-refractivity contribution in [3.8, 4) is 11.5 Å². The van der Waals surface area contributed by atoms with E-state index < -0.39 is 4.92 Å². The van der Waals surface area contributed by atoms with Gasteiger partial charge in [-0.3, -0.25) is 19.6 Å². The van der Waals surface area contributed by atoms with Crippen LogP contribution in [0.25, 0.3) is 10.9 Å². The Morgan fingerprint density at radius 1 is 1.23 bits per heavy atom. The Morgan fingerprint density at radius 2 is 1.88 bits per heavy atom. The maximum absolute atomic E-state index is 12.4. The van der Waals surface area contributed by atoms with E-state index in [-0.39, 0.29) is 17.8 Å². The number of benzene rings is 1. The molecular weight excluding hydrogens is 342 g/mol. The van der Waals surface area contributed by atoms with Crippen molar-refractivity contribution in [3.63, 3.8) is 0 Å². The number of aromatic amines is 1. The summed E-state index contributed by atoms with van der Waals surface area (Å²) in [5, 5.41) is 15.6. The molecule has 0 unspecified atom stereocenters. The predicted molar refractivity (Wildman–Crippen MR) is 92.9 cm³/mol. The molecule has 10 heteroatoms. The zero-order chi connectivity index (χ0) is 19.0. The first kappa shape index (κ1) is 17.4.